The highest BCUT2D eigenvalue weighted by molar-refractivity contribution is 9.10. The first-order valence-corrected chi connectivity index (χ1v) is 8.05. The normalized spacial score (nSPS) is 11.8. The van der Waals surface area contributed by atoms with Crippen LogP contribution in [0.15, 0.2) is 39.9 Å². The highest BCUT2D eigenvalue weighted by Gasteiger charge is 2.14. The van der Waals surface area contributed by atoms with Crippen LogP contribution < -0.4 is 5.43 Å². The van der Waals surface area contributed by atoms with Crippen molar-refractivity contribution >= 4 is 33.3 Å². The number of hydrogen-bond acceptors (Lipinski definition) is 5. The molecule has 0 fully saturated rings. The summed E-state index contributed by atoms with van der Waals surface area (Å²) in [6.45, 7) is 5.57. The van der Waals surface area contributed by atoms with Gasteiger partial charge in [0.1, 0.15) is 0 Å². The maximum absolute atomic E-state index is 12.2. The van der Waals surface area contributed by atoms with Gasteiger partial charge >= 0.3 is 5.91 Å². The number of carbonyl (C=O) groups excluding carboxylic acids is 1. The Morgan fingerprint density at radius 3 is 2.62 bits per heavy atom. The molecule has 0 spiro atoms. The fourth-order valence-electron chi connectivity index (χ4n) is 2.20. The molecule has 2 heterocycles. The van der Waals surface area contributed by atoms with Gasteiger partial charge in [0.15, 0.2) is 0 Å². The molecule has 0 unspecified atom stereocenters. The van der Waals surface area contributed by atoms with E-state index >= 15 is 0 Å². The molecular weight excluding hydrogens is 372 g/mol. The Morgan fingerprint density at radius 1 is 1.21 bits per heavy atom. The number of halogens is 1. The monoisotopic (exact) mass is 386 g/mol. The number of benzene rings is 1. The van der Waals surface area contributed by atoms with Crippen LogP contribution in [0.5, 0.6) is 0 Å². The van der Waals surface area contributed by atoms with Crippen LogP contribution in [0.25, 0.3) is 5.78 Å². The van der Waals surface area contributed by atoms with Gasteiger partial charge in [-0.2, -0.15) is 10.1 Å². The molecule has 2 aromatic heterocycles. The zero-order valence-corrected chi connectivity index (χ0v) is 15.0. The molecule has 1 amide bonds. The first-order chi connectivity index (χ1) is 11.4. The van der Waals surface area contributed by atoms with Crippen LogP contribution in [0.4, 0.5) is 0 Å². The van der Waals surface area contributed by atoms with Gasteiger partial charge in [-0.05, 0) is 44.5 Å². The lowest BCUT2D eigenvalue weighted by Crippen LogP contribution is -2.20. The van der Waals surface area contributed by atoms with Gasteiger partial charge in [-0.1, -0.05) is 28.1 Å². The van der Waals surface area contributed by atoms with Crippen LogP contribution in [-0.2, 0) is 0 Å². The minimum Gasteiger partial charge on any atom is -0.264 e. The third-order valence-electron chi connectivity index (χ3n) is 3.41. The second-order valence-corrected chi connectivity index (χ2v) is 6.25. The van der Waals surface area contributed by atoms with Gasteiger partial charge in [0.05, 0.1) is 5.71 Å². The molecule has 1 aromatic carbocycles. The van der Waals surface area contributed by atoms with Gasteiger partial charge in [-0.25, -0.2) is 14.9 Å². The summed E-state index contributed by atoms with van der Waals surface area (Å²) >= 11 is 3.38. The van der Waals surface area contributed by atoms with Gasteiger partial charge in [0.2, 0.25) is 5.82 Å². The number of amides is 1. The van der Waals surface area contributed by atoms with Crippen molar-refractivity contribution in [2.45, 2.75) is 20.8 Å². The highest BCUT2D eigenvalue weighted by Crippen LogP contribution is 2.11. The Hall–Kier alpha value is -2.61. The predicted molar refractivity (Wildman–Crippen MR) is 94.1 cm³/mol. The number of fused-ring (bicyclic) bond motifs is 1. The molecule has 0 aliphatic rings. The van der Waals surface area contributed by atoms with Crippen molar-refractivity contribution in [2.75, 3.05) is 0 Å². The average Bonchev–Trinajstić information content (AvgIpc) is 2.97. The first-order valence-electron chi connectivity index (χ1n) is 7.25. The van der Waals surface area contributed by atoms with Gasteiger partial charge < -0.3 is 0 Å². The van der Waals surface area contributed by atoms with E-state index in [1.54, 1.807) is 0 Å². The van der Waals surface area contributed by atoms with E-state index < -0.39 is 5.91 Å². The lowest BCUT2D eigenvalue weighted by molar-refractivity contribution is 0.0944. The number of aryl methyl sites for hydroxylation is 2. The standard InChI is InChI=1S/C16H15BrN6O/c1-9-8-10(2)23-16(18-9)19-14(22-23)15(24)21-20-11(3)12-4-6-13(17)7-5-12/h4-8H,1-3H3,(H,21,24). The fraction of sp³-hybridized carbons (Fsp3) is 0.188. The zero-order chi connectivity index (χ0) is 17.3. The van der Waals surface area contributed by atoms with Crippen LogP contribution >= 0.6 is 15.9 Å². The molecule has 0 saturated carbocycles. The summed E-state index contributed by atoms with van der Waals surface area (Å²) in [7, 11) is 0. The van der Waals surface area contributed by atoms with Crippen molar-refractivity contribution in [3.63, 3.8) is 0 Å². The van der Waals surface area contributed by atoms with Crippen LogP contribution in [-0.4, -0.2) is 31.2 Å². The Labute approximate surface area is 147 Å². The fourth-order valence-corrected chi connectivity index (χ4v) is 2.47. The molecular formula is C16H15BrN6O. The molecule has 0 atom stereocenters. The van der Waals surface area contributed by atoms with Crippen LogP contribution in [0.2, 0.25) is 0 Å². The number of aromatic nitrogens is 4. The smallest absolute Gasteiger partial charge is 0.264 e. The third kappa shape index (κ3) is 3.33. The topological polar surface area (TPSA) is 84.5 Å². The molecule has 1 N–H and O–H groups in total. The lowest BCUT2D eigenvalue weighted by atomic mass is 10.1. The SMILES string of the molecule is CC(=NNC(=O)c1nc2nc(C)cc(C)n2n1)c1ccc(Br)cc1. The Kier molecular flexibility index (Phi) is 4.39. The quantitative estimate of drug-likeness (QED) is 0.553. The van der Waals surface area contributed by atoms with E-state index in [9.17, 15) is 4.79 Å². The van der Waals surface area contributed by atoms with E-state index in [0.29, 0.717) is 11.5 Å². The van der Waals surface area contributed by atoms with E-state index in [1.165, 1.54) is 4.52 Å². The Bertz CT molecular complexity index is 945. The number of hydrazone groups is 1. The number of rotatable bonds is 3. The molecule has 24 heavy (non-hydrogen) atoms. The van der Waals surface area contributed by atoms with Gasteiger partial charge in [0, 0.05) is 15.9 Å². The van der Waals surface area contributed by atoms with E-state index in [-0.39, 0.29) is 5.82 Å². The molecule has 0 saturated heterocycles. The van der Waals surface area contributed by atoms with E-state index in [2.05, 4.69) is 41.5 Å². The average molecular weight is 387 g/mol. The van der Waals surface area contributed by atoms with Crippen molar-refractivity contribution in [1.29, 1.82) is 0 Å². The summed E-state index contributed by atoms with van der Waals surface area (Å²) in [5, 5.41) is 8.27. The van der Waals surface area contributed by atoms with Crippen LogP contribution in [0.3, 0.4) is 0 Å². The van der Waals surface area contributed by atoms with Crippen molar-refractivity contribution < 1.29 is 4.79 Å². The molecule has 3 rings (SSSR count). The molecule has 0 radical (unpaired) electrons. The number of hydrogen-bond donors (Lipinski definition) is 1. The first kappa shape index (κ1) is 16.3. The number of nitrogens with zero attached hydrogens (tertiary/aromatic N) is 5. The molecule has 3 aromatic rings. The minimum absolute atomic E-state index is 0.0311. The molecule has 7 nitrogen and oxygen atoms in total. The Morgan fingerprint density at radius 2 is 1.92 bits per heavy atom. The zero-order valence-electron chi connectivity index (χ0n) is 13.4. The van der Waals surface area contributed by atoms with Crippen molar-refractivity contribution in [2.24, 2.45) is 5.10 Å². The lowest BCUT2D eigenvalue weighted by Gasteiger charge is -2.01. The van der Waals surface area contributed by atoms with E-state index in [0.717, 1.165) is 21.4 Å². The Balaban J connectivity index is 1.81. The largest absolute Gasteiger partial charge is 0.311 e. The summed E-state index contributed by atoms with van der Waals surface area (Å²) in [4.78, 5) is 20.6. The second-order valence-electron chi connectivity index (χ2n) is 5.33. The summed E-state index contributed by atoms with van der Waals surface area (Å²) in [6, 6.07) is 9.52. The number of nitrogens with one attached hydrogen (secondary N) is 1. The molecule has 0 aliphatic heterocycles. The van der Waals surface area contributed by atoms with Crippen LogP contribution in [0.1, 0.15) is 34.5 Å². The summed E-state index contributed by atoms with van der Waals surface area (Å²) in [5.41, 5.74) is 5.76. The minimum atomic E-state index is -0.478. The molecule has 0 bridgehead atoms. The molecule has 122 valence electrons. The predicted octanol–water partition coefficient (Wildman–Crippen LogP) is 2.66. The van der Waals surface area contributed by atoms with Gasteiger partial charge in [-0.3, -0.25) is 4.79 Å². The molecule has 8 heteroatoms. The molecule has 0 aliphatic carbocycles. The summed E-state index contributed by atoms with van der Waals surface area (Å²) in [6.07, 6.45) is 0. The third-order valence-corrected chi connectivity index (χ3v) is 3.94. The van der Waals surface area contributed by atoms with Crippen molar-refractivity contribution in [3.8, 4) is 0 Å². The maximum Gasteiger partial charge on any atom is 0.311 e. The summed E-state index contributed by atoms with van der Waals surface area (Å²) in [5.74, 6) is -0.0520. The van der Waals surface area contributed by atoms with Gasteiger partial charge in [0.25, 0.3) is 5.78 Å². The van der Waals surface area contributed by atoms with E-state index in [1.807, 2.05) is 51.1 Å². The second kappa shape index (κ2) is 6.48. The maximum atomic E-state index is 12.2. The van der Waals surface area contributed by atoms with Crippen molar-refractivity contribution in [3.05, 3.63) is 57.6 Å². The van der Waals surface area contributed by atoms with Crippen molar-refractivity contribution in [1.82, 2.24) is 25.0 Å². The summed E-state index contributed by atoms with van der Waals surface area (Å²) < 4.78 is 2.52. The number of carbonyl (C=O) groups is 1. The van der Waals surface area contributed by atoms with Crippen LogP contribution in [0, 0.1) is 13.8 Å². The van der Waals surface area contributed by atoms with Gasteiger partial charge in [-0.15, -0.1) is 5.10 Å². The van der Waals surface area contributed by atoms with E-state index in [4.69, 9.17) is 0 Å². The highest BCUT2D eigenvalue weighted by atomic mass is 79.9.